The molecule has 0 saturated carbocycles. The van der Waals surface area contributed by atoms with Crippen LogP contribution in [0.25, 0.3) is 0 Å². The van der Waals surface area contributed by atoms with Gasteiger partial charge < -0.3 is 10.2 Å². The summed E-state index contributed by atoms with van der Waals surface area (Å²) in [5.41, 5.74) is 0.636. The van der Waals surface area contributed by atoms with Gasteiger partial charge in [-0.25, -0.2) is 0 Å². The monoisotopic (exact) mass is 282 g/mol. The molecule has 5 heteroatoms. The van der Waals surface area contributed by atoms with Crippen molar-refractivity contribution in [1.29, 1.82) is 0 Å². The maximum Gasteiger partial charge on any atom is 0.243 e. The highest BCUT2D eigenvalue weighted by Gasteiger charge is 2.13. The van der Waals surface area contributed by atoms with Crippen molar-refractivity contribution < 1.29 is 9.59 Å². The Balaban J connectivity index is 2.55. The minimum atomic E-state index is -0.214. The Bertz CT molecular complexity index is 449. The summed E-state index contributed by atoms with van der Waals surface area (Å²) >= 11 is 5.84. The molecule has 1 aromatic rings. The molecular weight excluding hydrogens is 264 g/mol. The summed E-state index contributed by atoms with van der Waals surface area (Å²) in [5.74, 6) is -0.303. The summed E-state index contributed by atoms with van der Waals surface area (Å²) in [6.45, 7) is 4.20. The molecule has 0 aliphatic carbocycles. The van der Waals surface area contributed by atoms with Crippen molar-refractivity contribution in [2.75, 3.05) is 18.4 Å². The van der Waals surface area contributed by atoms with E-state index in [0.29, 0.717) is 17.3 Å². The van der Waals surface area contributed by atoms with E-state index in [1.807, 2.05) is 6.92 Å². The molecule has 0 heterocycles. The molecule has 0 fully saturated rings. The number of nitrogens with zero attached hydrogens (tertiary/aromatic N) is 1. The van der Waals surface area contributed by atoms with Crippen LogP contribution in [-0.4, -0.2) is 29.8 Å². The molecule has 1 rings (SSSR count). The molecule has 0 unspecified atom stereocenters. The normalized spacial score (nSPS) is 10.1. The standard InChI is InChI=1S/C14H19ClN2O2/c1-3-4-8-17(11(2)18)10-14(19)16-13-7-5-6-12(15)9-13/h5-7,9H,3-4,8,10H2,1-2H3,(H,16,19). The molecule has 0 spiro atoms. The first kappa shape index (κ1) is 15.5. The van der Waals surface area contributed by atoms with Gasteiger partial charge in [-0.15, -0.1) is 0 Å². The molecule has 4 nitrogen and oxygen atoms in total. The predicted molar refractivity (Wildman–Crippen MR) is 77.2 cm³/mol. The number of hydrogen-bond donors (Lipinski definition) is 1. The molecule has 0 saturated heterocycles. The zero-order chi connectivity index (χ0) is 14.3. The van der Waals surface area contributed by atoms with Crippen molar-refractivity contribution in [1.82, 2.24) is 4.90 Å². The largest absolute Gasteiger partial charge is 0.334 e. The molecular formula is C14H19ClN2O2. The van der Waals surface area contributed by atoms with E-state index in [1.54, 1.807) is 29.2 Å². The molecule has 1 aromatic carbocycles. The predicted octanol–water partition coefficient (Wildman–Crippen LogP) is 2.93. The third-order valence-electron chi connectivity index (χ3n) is 2.67. The lowest BCUT2D eigenvalue weighted by molar-refractivity contribution is -0.132. The number of carbonyl (C=O) groups is 2. The van der Waals surface area contributed by atoms with Crippen molar-refractivity contribution in [3.63, 3.8) is 0 Å². The summed E-state index contributed by atoms with van der Waals surface area (Å²) in [4.78, 5) is 24.8. The summed E-state index contributed by atoms with van der Waals surface area (Å²) in [6.07, 6.45) is 1.88. The molecule has 1 N–H and O–H groups in total. The maximum atomic E-state index is 11.9. The average molecular weight is 283 g/mol. The van der Waals surface area contributed by atoms with Crippen LogP contribution in [-0.2, 0) is 9.59 Å². The molecule has 0 aromatic heterocycles. The number of halogens is 1. The molecule has 104 valence electrons. The fourth-order valence-electron chi connectivity index (χ4n) is 1.64. The van der Waals surface area contributed by atoms with Crippen LogP contribution < -0.4 is 5.32 Å². The minimum Gasteiger partial charge on any atom is -0.334 e. The zero-order valence-electron chi connectivity index (χ0n) is 11.3. The van der Waals surface area contributed by atoms with Crippen LogP contribution in [0.1, 0.15) is 26.7 Å². The molecule has 2 amide bonds. The van der Waals surface area contributed by atoms with E-state index >= 15 is 0 Å². The van der Waals surface area contributed by atoms with E-state index in [-0.39, 0.29) is 18.4 Å². The van der Waals surface area contributed by atoms with Gasteiger partial charge in [0.2, 0.25) is 11.8 Å². The molecule has 0 atom stereocenters. The Kier molecular flexibility index (Phi) is 6.36. The fourth-order valence-corrected chi connectivity index (χ4v) is 1.83. The summed E-state index contributed by atoms with van der Waals surface area (Å²) in [7, 11) is 0. The molecule has 0 radical (unpaired) electrons. The lowest BCUT2D eigenvalue weighted by Crippen LogP contribution is -2.37. The number of nitrogens with one attached hydrogen (secondary N) is 1. The van der Waals surface area contributed by atoms with Gasteiger partial charge in [0.25, 0.3) is 0 Å². The minimum absolute atomic E-state index is 0.0713. The number of amides is 2. The van der Waals surface area contributed by atoms with Crippen molar-refractivity contribution >= 4 is 29.1 Å². The maximum absolute atomic E-state index is 11.9. The van der Waals surface area contributed by atoms with Crippen molar-refractivity contribution in [3.8, 4) is 0 Å². The average Bonchev–Trinajstić information content (AvgIpc) is 2.34. The highest BCUT2D eigenvalue weighted by atomic mass is 35.5. The molecule has 0 aliphatic heterocycles. The van der Waals surface area contributed by atoms with Gasteiger partial charge in [-0.05, 0) is 24.6 Å². The van der Waals surface area contributed by atoms with E-state index in [4.69, 9.17) is 11.6 Å². The van der Waals surface area contributed by atoms with Crippen molar-refractivity contribution in [2.45, 2.75) is 26.7 Å². The van der Waals surface area contributed by atoms with Crippen molar-refractivity contribution in [2.24, 2.45) is 0 Å². The van der Waals surface area contributed by atoms with E-state index in [0.717, 1.165) is 12.8 Å². The fraction of sp³-hybridized carbons (Fsp3) is 0.429. The first-order valence-corrected chi connectivity index (χ1v) is 6.71. The summed E-state index contributed by atoms with van der Waals surface area (Å²) in [6, 6.07) is 6.93. The Morgan fingerprint density at radius 2 is 2.11 bits per heavy atom. The third-order valence-corrected chi connectivity index (χ3v) is 2.90. The number of hydrogen-bond acceptors (Lipinski definition) is 2. The van der Waals surface area contributed by atoms with Crippen LogP contribution in [0.4, 0.5) is 5.69 Å². The molecule has 0 bridgehead atoms. The first-order chi connectivity index (χ1) is 9.02. The Morgan fingerprint density at radius 1 is 1.37 bits per heavy atom. The van der Waals surface area contributed by atoms with Gasteiger partial charge in [0.15, 0.2) is 0 Å². The van der Waals surface area contributed by atoms with Gasteiger partial charge in [0.05, 0.1) is 6.54 Å². The van der Waals surface area contributed by atoms with Crippen LogP contribution in [0.5, 0.6) is 0 Å². The van der Waals surface area contributed by atoms with Crippen molar-refractivity contribution in [3.05, 3.63) is 29.3 Å². The van der Waals surface area contributed by atoms with Gasteiger partial charge in [-0.2, -0.15) is 0 Å². The molecule has 0 aliphatic rings. The van der Waals surface area contributed by atoms with Gasteiger partial charge in [-0.1, -0.05) is 31.0 Å². The van der Waals surface area contributed by atoms with Gasteiger partial charge in [0.1, 0.15) is 0 Å². The van der Waals surface area contributed by atoms with Crippen LogP contribution in [0.15, 0.2) is 24.3 Å². The van der Waals surface area contributed by atoms with Gasteiger partial charge in [0, 0.05) is 24.2 Å². The second kappa shape index (κ2) is 7.79. The smallest absolute Gasteiger partial charge is 0.243 e. The van der Waals surface area contributed by atoms with E-state index in [2.05, 4.69) is 5.32 Å². The first-order valence-electron chi connectivity index (χ1n) is 6.34. The topological polar surface area (TPSA) is 49.4 Å². The van der Waals surface area contributed by atoms with Crippen LogP contribution in [0.3, 0.4) is 0 Å². The van der Waals surface area contributed by atoms with E-state index in [1.165, 1.54) is 6.92 Å². The number of anilines is 1. The van der Waals surface area contributed by atoms with Crippen LogP contribution >= 0.6 is 11.6 Å². The van der Waals surface area contributed by atoms with Crippen LogP contribution in [0, 0.1) is 0 Å². The number of unbranched alkanes of at least 4 members (excludes halogenated alkanes) is 1. The SMILES string of the molecule is CCCCN(CC(=O)Nc1cccc(Cl)c1)C(C)=O. The number of benzene rings is 1. The lowest BCUT2D eigenvalue weighted by Gasteiger charge is -2.20. The van der Waals surface area contributed by atoms with Gasteiger partial charge in [-0.3, -0.25) is 9.59 Å². The Hall–Kier alpha value is -1.55. The molecule has 19 heavy (non-hydrogen) atoms. The van der Waals surface area contributed by atoms with Gasteiger partial charge >= 0.3 is 0 Å². The number of rotatable bonds is 6. The summed E-state index contributed by atoms with van der Waals surface area (Å²) in [5, 5.41) is 3.29. The van der Waals surface area contributed by atoms with E-state index < -0.39 is 0 Å². The van der Waals surface area contributed by atoms with Crippen LogP contribution in [0.2, 0.25) is 5.02 Å². The second-order valence-corrected chi connectivity index (χ2v) is 4.79. The van der Waals surface area contributed by atoms with E-state index in [9.17, 15) is 9.59 Å². The quantitative estimate of drug-likeness (QED) is 0.872. The third kappa shape index (κ3) is 5.75. The second-order valence-electron chi connectivity index (χ2n) is 4.35. The Morgan fingerprint density at radius 3 is 2.68 bits per heavy atom. The summed E-state index contributed by atoms with van der Waals surface area (Å²) < 4.78 is 0. The highest BCUT2D eigenvalue weighted by molar-refractivity contribution is 6.30. The zero-order valence-corrected chi connectivity index (χ0v) is 12.0. The number of carbonyl (C=O) groups excluding carboxylic acids is 2. The Labute approximate surface area is 118 Å². The highest BCUT2D eigenvalue weighted by Crippen LogP contribution is 2.14. The lowest BCUT2D eigenvalue weighted by atomic mass is 10.3.